The second-order valence-electron chi connectivity index (χ2n) is 26.5. The molecule has 0 unspecified atom stereocenters. The molecule has 0 aliphatic rings. The van der Waals surface area contributed by atoms with Crippen molar-refractivity contribution >= 4 is 144 Å². The minimum atomic E-state index is -1.63. The van der Waals surface area contributed by atoms with Crippen LogP contribution in [0.25, 0.3) is 199 Å². The molecule has 2 N–H and O–H groups in total. The fraction of sp³-hybridized carbons (Fsp3) is 0. The minimum Gasteiger partial charge on any atom is -0.455 e. The van der Waals surface area contributed by atoms with Gasteiger partial charge in [0.05, 0.1) is 9.13 Å². The zero-order valence-electron chi connectivity index (χ0n) is 60.9. The normalized spacial score (nSPS) is 11.9. The van der Waals surface area contributed by atoms with Gasteiger partial charge >= 0.3 is 7.12 Å². The number of aromatic nitrogens is 6. The molecule has 0 aliphatic carbocycles. The number of furan rings is 2. The molecule has 0 fully saturated rings. The van der Waals surface area contributed by atoms with Gasteiger partial charge in [-0.15, -0.1) is 0 Å². The number of fused-ring (bicyclic) bond motifs is 15. The number of nitrogens with zero attached hydrogens (tertiary/aromatic N) is 6. The lowest BCUT2D eigenvalue weighted by molar-refractivity contribution is 0.426. The van der Waals surface area contributed by atoms with Crippen LogP contribution in [0.1, 0.15) is 4.11 Å². The van der Waals surface area contributed by atoms with Crippen molar-refractivity contribution in [1.29, 1.82) is 0 Å². The summed E-state index contributed by atoms with van der Waals surface area (Å²) in [6.45, 7) is 0. The highest BCUT2D eigenvalue weighted by Crippen LogP contribution is 2.48. The SMILES string of the molecule is Clc1cc(Cl)c2oc3cccc(-c4nc(-c5ccccc5)nc(-c5ccccc5)n4)c3c2c1.[2H]c1c(-c2cc(-c3c([2H])c4ccccc4c4ccccc34)c3oc4cccc(-c5nc(-c6ccccc6)nc(-c6ccccc6)n5)c4c3c2)c2ccccc2c2ccccc12.[2H]c1c(B(O)O)c2ccccc2c2ccccc12. The molecule has 4 aromatic heterocycles. The van der Waals surface area contributed by atoms with Crippen molar-refractivity contribution in [3.05, 3.63) is 356 Å². The Labute approximate surface area is 639 Å². The van der Waals surface area contributed by atoms with Gasteiger partial charge in [0, 0.05) is 65.5 Å². The zero-order chi connectivity index (χ0) is 75.7. The van der Waals surface area contributed by atoms with Gasteiger partial charge in [-0.05, 0) is 135 Å². The van der Waals surface area contributed by atoms with Gasteiger partial charge in [0.2, 0.25) is 0 Å². The maximum atomic E-state index is 9.91. The molecule has 21 aromatic rings. The highest BCUT2D eigenvalue weighted by atomic mass is 35.5. The highest BCUT2D eigenvalue weighted by molar-refractivity contribution is 6.62. The first kappa shape index (κ1) is 62.8. The molecule has 13 heteroatoms. The zero-order valence-corrected chi connectivity index (χ0v) is 59.4. The van der Waals surface area contributed by atoms with E-state index in [4.69, 9.17) is 63.3 Å². The maximum absolute atomic E-state index is 9.91. The van der Waals surface area contributed by atoms with E-state index in [-0.39, 0.29) is 11.5 Å². The Morgan fingerprint density at radius 3 is 1.06 bits per heavy atom. The molecule has 17 aromatic carbocycles. The number of rotatable bonds is 9. The molecule has 21 rings (SSSR count). The lowest BCUT2D eigenvalue weighted by Gasteiger charge is -2.15. The second-order valence-corrected chi connectivity index (χ2v) is 27.3. The molecule has 0 saturated carbocycles. The van der Waals surface area contributed by atoms with E-state index < -0.39 is 7.12 Å². The topological polar surface area (TPSA) is 144 Å². The van der Waals surface area contributed by atoms with E-state index >= 15 is 0 Å². The Bertz CT molecular complexity index is 7210. The van der Waals surface area contributed by atoms with Crippen LogP contribution in [0.15, 0.2) is 355 Å². The summed E-state index contributed by atoms with van der Waals surface area (Å²) in [7, 11) is -1.63. The third-order valence-electron chi connectivity index (χ3n) is 19.9. The molecule has 514 valence electrons. The van der Waals surface area contributed by atoms with Gasteiger partial charge in [0.25, 0.3) is 0 Å². The average molecular weight is 1450 g/mol. The van der Waals surface area contributed by atoms with Crippen LogP contribution >= 0.6 is 23.2 Å². The fourth-order valence-electron chi connectivity index (χ4n) is 14.9. The summed E-state index contributed by atoms with van der Waals surface area (Å²) in [5.41, 5.74) is 11.3. The predicted octanol–water partition coefficient (Wildman–Crippen LogP) is 24.5. The van der Waals surface area contributed by atoms with Crippen molar-refractivity contribution in [2.24, 2.45) is 0 Å². The number of benzene rings is 17. The van der Waals surface area contributed by atoms with Crippen molar-refractivity contribution in [2.45, 2.75) is 0 Å². The minimum absolute atomic E-state index is 0.180. The van der Waals surface area contributed by atoms with Crippen LogP contribution in [0.2, 0.25) is 10.0 Å². The molecule has 10 nitrogen and oxygen atoms in total. The summed E-state index contributed by atoms with van der Waals surface area (Å²) in [6, 6.07) is 108. The quantitative estimate of drug-likeness (QED) is 0.106. The van der Waals surface area contributed by atoms with Gasteiger partial charge in [0.1, 0.15) is 16.7 Å². The van der Waals surface area contributed by atoms with Gasteiger partial charge in [-0.3, -0.25) is 0 Å². The molecule has 0 atom stereocenters. The standard InChI is InChI=1S/C55H33N3O.C27H15Cl2N3O.C14H11BO2/c1-3-16-34(17-4-1)53-56-54(35-18-5-2-6-19-35)58-55(57-53)45-28-15-29-50-51(45)49-33-38(46-30-36-20-7-9-22-39(36)41-24-11-13-26-43(41)46)32-48(52(49)59-50)47-31-37-21-8-10-23-40(37)42-25-12-14-27-44(42)47;28-18-14-20-23-19(12-7-13-22(23)33-24(20)21(29)15-18)27-31-25(16-8-3-1-4-9-16)30-26(32-27)17-10-5-2-6-11-17;16-15(17)14-9-10-5-1-2-6-11(10)12-7-3-4-8-13(12)14/h1-33H;1-15H;1-9,16-17H/i30D,31D;;9D. The number of halogens is 2. The molecule has 0 aliphatic heterocycles. The first-order valence-electron chi connectivity index (χ1n) is 37.1. The van der Waals surface area contributed by atoms with Crippen LogP contribution in [-0.2, 0) is 0 Å². The van der Waals surface area contributed by atoms with E-state index in [9.17, 15) is 12.8 Å². The van der Waals surface area contributed by atoms with E-state index in [2.05, 4.69) is 60.7 Å². The summed E-state index contributed by atoms with van der Waals surface area (Å²) in [5.74, 6) is 3.40. The first-order chi connectivity index (χ1) is 55.0. The van der Waals surface area contributed by atoms with E-state index in [1.807, 2.05) is 261 Å². The van der Waals surface area contributed by atoms with E-state index in [1.165, 1.54) is 0 Å². The summed E-state index contributed by atoms with van der Waals surface area (Å²) in [5, 5.41) is 34.6. The Kier molecular flexibility index (Phi) is 16.2. The molecule has 109 heavy (non-hydrogen) atoms. The van der Waals surface area contributed by atoms with Gasteiger partial charge in [0.15, 0.2) is 40.5 Å². The molecule has 0 radical (unpaired) electrons. The summed E-state index contributed by atoms with van der Waals surface area (Å²) < 4.78 is 41.0. The molecule has 0 spiro atoms. The van der Waals surface area contributed by atoms with Crippen molar-refractivity contribution < 1.29 is 23.0 Å². The Balaban J connectivity index is 0.000000137. The Hall–Kier alpha value is -13.5. The lowest BCUT2D eigenvalue weighted by atomic mass is 9.76. The van der Waals surface area contributed by atoms with E-state index in [0.29, 0.717) is 79.4 Å². The summed E-state index contributed by atoms with van der Waals surface area (Å²) in [6.07, 6.45) is 0. The fourth-order valence-corrected chi connectivity index (χ4v) is 15.4. The smallest absolute Gasteiger partial charge is 0.455 e. The molecule has 0 bridgehead atoms. The third kappa shape index (κ3) is 12.3. The van der Waals surface area contributed by atoms with Gasteiger partial charge < -0.3 is 18.9 Å². The van der Waals surface area contributed by atoms with Crippen LogP contribution in [0, 0.1) is 0 Å². The van der Waals surface area contributed by atoms with Crippen LogP contribution in [0.4, 0.5) is 0 Å². The van der Waals surface area contributed by atoms with Crippen LogP contribution in [0.5, 0.6) is 0 Å². The van der Waals surface area contributed by atoms with Crippen LogP contribution in [0.3, 0.4) is 0 Å². The van der Waals surface area contributed by atoms with Gasteiger partial charge in [-0.25, -0.2) is 29.9 Å². The lowest BCUT2D eigenvalue weighted by Crippen LogP contribution is -2.30. The molecular weight excluding hydrogens is 1380 g/mol. The van der Waals surface area contributed by atoms with Crippen LogP contribution < -0.4 is 5.46 Å². The largest absolute Gasteiger partial charge is 0.489 e. The predicted molar refractivity (Wildman–Crippen MR) is 449 cm³/mol. The highest BCUT2D eigenvalue weighted by Gasteiger charge is 2.25. The van der Waals surface area contributed by atoms with Crippen LogP contribution in [-0.4, -0.2) is 47.1 Å². The van der Waals surface area contributed by atoms with E-state index in [1.54, 1.807) is 6.07 Å². The monoisotopic (exact) mass is 1440 g/mol. The average Bonchev–Trinajstić information content (AvgIpc) is 1.40. The Morgan fingerprint density at radius 2 is 0.615 bits per heavy atom. The van der Waals surface area contributed by atoms with Crippen molar-refractivity contribution in [3.8, 4) is 90.6 Å². The van der Waals surface area contributed by atoms with Gasteiger partial charge in [-0.2, -0.15) is 0 Å². The third-order valence-corrected chi connectivity index (χ3v) is 20.4. The van der Waals surface area contributed by atoms with Crippen molar-refractivity contribution in [1.82, 2.24) is 29.9 Å². The summed E-state index contributed by atoms with van der Waals surface area (Å²) >= 11 is 12.7. The first-order valence-corrected chi connectivity index (χ1v) is 36.3. The molecule has 4 heterocycles. The number of hydrogen-bond acceptors (Lipinski definition) is 10. The van der Waals surface area contributed by atoms with Gasteiger partial charge in [-0.1, -0.05) is 320 Å². The van der Waals surface area contributed by atoms with Crippen molar-refractivity contribution in [3.63, 3.8) is 0 Å². The summed E-state index contributed by atoms with van der Waals surface area (Å²) in [4.78, 5) is 29.8. The molecule has 0 saturated heterocycles. The van der Waals surface area contributed by atoms with E-state index in [0.717, 1.165) is 142 Å². The Morgan fingerprint density at radius 1 is 0.266 bits per heavy atom. The molecule has 0 amide bonds. The molecular formula is C96H59BCl2N6O4. The maximum Gasteiger partial charge on any atom is 0.489 e. The van der Waals surface area contributed by atoms with Crippen molar-refractivity contribution in [2.75, 3.05) is 0 Å². The second kappa shape index (κ2) is 28.1. The number of hydrogen-bond donors (Lipinski definition) is 2.